The first kappa shape index (κ1) is 24.8. The molecular weight excluding hydrogens is 439 g/mol. The highest BCUT2D eigenvalue weighted by atomic mass is 19.2. The molecular formula is C21H19F5N2O4. The largest absolute Gasteiger partial charge is 0.416 e. The molecule has 0 bridgehead atoms. The van der Waals surface area contributed by atoms with Crippen LogP contribution in [0, 0.1) is 29.1 Å². The van der Waals surface area contributed by atoms with Crippen molar-refractivity contribution in [3.63, 3.8) is 0 Å². The molecule has 0 aliphatic rings. The average molecular weight is 458 g/mol. The molecule has 2 aromatic rings. The van der Waals surface area contributed by atoms with Gasteiger partial charge in [0.15, 0.2) is 0 Å². The lowest BCUT2D eigenvalue weighted by Crippen LogP contribution is -2.26. The molecule has 2 rings (SSSR count). The summed E-state index contributed by atoms with van der Waals surface area (Å²) >= 11 is 0. The number of nitrogens with one attached hydrogen (secondary N) is 1. The Balaban J connectivity index is 2.32. The minimum Gasteiger partial charge on any atom is -0.416 e. The van der Waals surface area contributed by atoms with Crippen molar-refractivity contribution in [3.8, 4) is 5.75 Å². The lowest BCUT2D eigenvalue weighted by molar-refractivity contribution is 0.0716. The third-order valence-electron chi connectivity index (χ3n) is 4.40. The maximum Gasteiger partial charge on any atom is 0.343 e. The van der Waals surface area contributed by atoms with Gasteiger partial charge in [-0.05, 0) is 24.6 Å². The van der Waals surface area contributed by atoms with E-state index in [-0.39, 0.29) is 11.1 Å². The van der Waals surface area contributed by atoms with Gasteiger partial charge >= 0.3 is 5.97 Å². The number of carbonyl (C=O) groups is 3. The highest BCUT2D eigenvalue weighted by molar-refractivity contribution is 6.03. The summed E-state index contributed by atoms with van der Waals surface area (Å²) in [6, 6.07) is 2.87. The molecule has 0 spiro atoms. The first-order valence-corrected chi connectivity index (χ1v) is 9.55. The van der Waals surface area contributed by atoms with E-state index in [1.807, 2.05) is 6.92 Å². The van der Waals surface area contributed by atoms with Crippen molar-refractivity contribution < 1.29 is 41.1 Å². The monoisotopic (exact) mass is 458 g/mol. The Morgan fingerprint density at radius 1 is 0.812 bits per heavy atom. The summed E-state index contributed by atoms with van der Waals surface area (Å²) in [5.41, 5.74) is 4.11. The summed E-state index contributed by atoms with van der Waals surface area (Å²) in [4.78, 5) is 36.2. The number of benzene rings is 2. The van der Waals surface area contributed by atoms with Crippen LogP contribution < -0.4 is 15.8 Å². The standard InChI is InChI=1S/C21H19F5N2O4/c1-2-3-4-5-6-28-20(30)11-7-10(19(27)29)8-12(9-11)21(31)32-18-16(25)14(23)13(22)15(24)17(18)26/h7-9H,2-6H2,1H3,(H2,27,29)(H,28,30). The molecule has 3 N–H and O–H groups in total. The first-order chi connectivity index (χ1) is 15.1. The molecule has 0 heterocycles. The van der Waals surface area contributed by atoms with Crippen LogP contribution in [0.15, 0.2) is 18.2 Å². The van der Waals surface area contributed by atoms with Gasteiger partial charge in [0.2, 0.25) is 40.7 Å². The van der Waals surface area contributed by atoms with E-state index >= 15 is 0 Å². The van der Waals surface area contributed by atoms with Crippen molar-refractivity contribution >= 4 is 17.8 Å². The Morgan fingerprint density at radius 3 is 1.91 bits per heavy atom. The Labute approximate surface area is 179 Å². The van der Waals surface area contributed by atoms with Gasteiger partial charge in [0, 0.05) is 17.7 Å². The summed E-state index contributed by atoms with van der Waals surface area (Å²) in [5, 5.41) is 2.58. The summed E-state index contributed by atoms with van der Waals surface area (Å²) in [5.74, 6) is -16.8. The summed E-state index contributed by atoms with van der Waals surface area (Å²) < 4.78 is 71.7. The molecule has 32 heavy (non-hydrogen) atoms. The van der Waals surface area contributed by atoms with Gasteiger partial charge in [-0.1, -0.05) is 26.2 Å². The van der Waals surface area contributed by atoms with Crippen LogP contribution >= 0.6 is 0 Å². The van der Waals surface area contributed by atoms with Crippen molar-refractivity contribution in [3.05, 3.63) is 64.0 Å². The minimum absolute atomic E-state index is 0.193. The van der Waals surface area contributed by atoms with Crippen molar-refractivity contribution in [1.29, 1.82) is 0 Å². The van der Waals surface area contributed by atoms with Gasteiger partial charge in [-0.2, -0.15) is 8.78 Å². The lowest BCUT2D eigenvalue weighted by Gasteiger charge is -2.11. The SMILES string of the molecule is CCCCCCNC(=O)c1cc(C(N)=O)cc(C(=O)Oc2c(F)c(F)c(F)c(F)c2F)c1. The van der Waals surface area contributed by atoms with E-state index in [0.717, 1.165) is 37.5 Å². The second-order valence-corrected chi connectivity index (χ2v) is 6.77. The van der Waals surface area contributed by atoms with Crippen LogP contribution in [0.1, 0.15) is 63.7 Å². The number of halogens is 5. The number of rotatable bonds is 9. The van der Waals surface area contributed by atoms with Crippen molar-refractivity contribution in [1.82, 2.24) is 5.32 Å². The molecule has 0 aromatic heterocycles. The van der Waals surface area contributed by atoms with Gasteiger partial charge in [-0.3, -0.25) is 9.59 Å². The van der Waals surface area contributed by atoms with Gasteiger partial charge in [-0.25, -0.2) is 18.0 Å². The van der Waals surface area contributed by atoms with Crippen LogP contribution in [-0.4, -0.2) is 24.3 Å². The molecule has 0 unspecified atom stereocenters. The third-order valence-corrected chi connectivity index (χ3v) is 4.40. The predicted octanol–water partition coefficient (Wildman–Crippen LogP) is 4.01. The van der Waals surface area contributed by atoms with Crippen molar-refractivity contribution in [2.24, 2.45) is 5.73 Å². The average Bonchev–Trinajstić information content (AvgIpc) is 2.78. The van der Waals surface area contributed by atoms with E-state index in [9.17, 15) is 36.3 Å². The van der Waals surface area contributed by atoms with Crippen LogP contribution in [0.2, 0.25) is 0 Å². The normalized spacial score (nSPS) is 10.7. The Hall–Kier alpha value is -3.50. The summed E-state index contributed by atoms with van der Waals surface area (Å²) in [6.45, 7) is 2.32. The number of nitrogens with two attached hydrogens (primary N) is 1. The molecule has 6 nitrogen and oxygen atoms in total. The molecule has 0 atom stereocenters. The lowest BCUT2D eigenvalue weighted by atomic mass is 10.0. The number of ether oxygens (including phenoxy) is 1. The van der Waals surface area contributed by atoms with Gasteiger partial charge in [0.25, 0.3) is 5.91 Å². The Morgan fingerprint density at radius 2 is 1.34 bits per heavy atom. The van der Waals surface area contributed by atoms with E-state index in [0.29, 0.717) is 13.0 Å². The maximum atomic E-state index is 13.8. The molecule has 0 aliphatic carbocycles. The van der Waals surface area contributed by atoms with Gasteiger partial charge in [0.1, 0.15) is 0 Å². The molecule has 2 amide bonds. The molecule has 2 aromatic carbocycles. The van der Waals surface area contributed by atoms with Gasteiger partial charge < -0.3 is 15.8 Å². The fourth-order valence-electron chi connectivity index (χ4n) is 2.70. The van der Waals surface area contributed by atoms with Crippen molar-refractivity contribution in [2.45, 2.75) is 32.6 Å². The number of unbranched alkanes of at least 4 members (excludes halogenated alkanes) is 3. The molecule has 0 saturated heterocycles. The summed E-state index contributed by atoms with van der Waals surface area (Å²) in [7, 11) is 0. The van der Waals surface area contributed by atoms with E-state index in [1.54, 1.807) is 0 Å². The van der Waals surface area contributed by atoms with Crippen LogP contribution in [0.3, 0.4) is 0 Å². The number of carbonyl (C=O) groups excluding carboxylic acids is 3. The topological polar surface area (TPSA) is 98.5 Å². The number of hydrogen-bond acceptors (Lipinski definition) is 4. The van der Waals surface area contributed by atoms with Crippen LogP contribution in [0.25, 0.3) is 0 Å². The number of hydrogen-bond donors (Lipinski definition) is 2. The highest BCUT2D eigenvalue weighted by Crippen LogP contribution is 2.30. The molecule has 0 aliphatic heterocycles. The van der Waals surface area contributed by atoms with Crippen LogP contribution in [0.5, 0.6) is 5.75 Å². The Kier molecular flexibility index (Phi) is 8.27. The summed E-state index contributed by atoms with van der Waals surface area (Å²) in [6.07, 6.45) is 3.52. The maximum absolute atomic E-state index is 13.8. The number of esters is 1. The molecule has 0 radical (unpaired) electrons. The van der Waals surface area contributed by atoms with Crippen molar-refractivity contribution in [2.75, 3.05) is 6.54 Å². The predicted molar refractivity (Wildman–Crippen MR) is 103 cm³/mol. The van der Waals surface area contributed by atoms with E-state index in [2.05, 4.69) is 10.1 Å². The molecule has 0 fully saturated rings. The zero-order valence-corrected chi connectivity index (χ0v) is 16.9. The van der Waals surface area contributed by atoms with Crippen LogP contribution in [-0.2, 0) is 0 Å². The second-order valence-electron chi connectivity index (χ2n) is 6.77. The highest BCUT2D eigenvalue weighted by Gasteiger charge is 2.29. The number of primary amides is 1. The zero-order valence-electron chi connectivity index (χ0n) is 16.9. The fourth-order valence-corrected chi connectivity index (χ4v) is 2.70. The second kappa shape index (κ2) is 10.7. The van der Waals surface area contributed by atoms with E-state index in [4.69, 9.17) is 5.73 Å². The van der Waals surface area contributed by atoms with Gasteiger partial charge in [-0.15, -0.1) is 0 Å². The van der Waals surface area contributed by atoms with E-state index in [1.165, 1.54) is 0 Å². The zero-order chi connectivity index (χ0) is 24.0. The molecule has 0 saturated carbocycles. The van der Waals surface area contributed by atoms with E-state index < -0.39 is 58.2 Å². The smallest absolute Gasteiger partial charge is 0.343 e. The minimum atomic E-state index is -2.42. The quantitative estimate of drug-likeness (QED) is 0.148. The Bertz CT molecular complexity index is 1030. The van der Waals surface area contributed by atoms with Gasteiger partial charge in [0.05, 0.1) is 5.56 Å². The number of amides is 2. The first-order valence-electron chi connectivity index (χ1n) is 9.55. The van der Waals surface area contributed by atoms with Crippen LogP contribution in [0.4, 0.5) is 22.0 Å². The third kappa shape index (κ3) is 5.59. The molecule has 11 heteroatoms. The fraction of sp³-hybridized carbons (Fsp3) is 0.286. The molecule has 172 valence electrons.